The van der Waals surface area contributed by atoms with E-state index in [4.69, 9.17) is 11.6 Å². The summed E-state index contributed by atoms with van der Waals surface area (Å²) in [6.07, 6.45) is 0. The van der Waals surface area contributed by atoms with Gasteiger partial charge in [-0.3, -0.25) is 0 Å². The number of hydrogen-bond donors (Lipinski definition) is 3. The van der Waals surface area contributed by atoms with Gasteiger partial charge in [0.15, 0.2) is 0 Å². The molecule has 1 amide bonds. The average Bonchev–Trinajstić information content (AvgIpc) is 2.53. The van der Waals surface area contributed by atoms with Crippen LogP contribution >= 0.6 is 0 Å². The van der Waals surface area contributed by atoms with Crippen LogP contribution in [-0.4, -0.2) is 69.8 Å². The van der Waals surface area contributed by atoms with Crippen LogP contribution in [0.3, 0.4) is 0 Å². The van der Waals surface area contributed by atoms with Crippen molar-refractivity contribution >= 4 is 28.7 Å². The summed E-state index contributed by atoms with van der Waals surface area (Å²) in [5, 5.41) is 12.8. The second kappa shape index (κ2) is 6.72. The first kappa shape index (κ1) is 15.5. The van der Waals surface area contributed by atoms with Gasteiger partial charge in [0.1, 0.15) is 0 Å². The van der Waals surface area contributed by atoms with Gasteiger partial charge in [-0.15, -0.1) is 0 Å². The van der Waals surface area contributed by atoms with E-state index in [0.717, 1.165) is 5.56 Å². The molecule has 1 fully saturated rings. The van der Waals surface area contributed by atoms with Crippen LogP contribution in [-0.2, 0) is 4.79 Å². The molecule has 1 aliphatic rings. The van der Waals surface area contributed by atoms with Crippen LogP contribution < -0.4 is 11.6 Å². The predicted octanol–water partition coefficient (Wildman–Crippen LogP) is -1.07. The van der Waals surface area contributed by atoms with Crippen LogP contribution in [0.5, 0.6) is 5.75 Å². The van der Waals surface area contributed by atoms with Crippen molar-refractivity contribution in [2.45, 2.75) is 4.71 Å². The number of nitrogens with two attached hydrogens (primary N) is 2. The zero-order valence-corrected chi connectivity index (χ0v) is 13.4. The van der Waals surface area contributed by atoms with Crippen LogP contribution in [0.2, 0.25) is 0 Å². The zero-order chi connectivity index (χ0) is 15.4. The van der Waals surface area contributed by atoms with Crippen molar-refractivity contribution in [3.05, 3.63) is 29.8 Å². The molecule has 0 spiro atoms. The number of nitrogens with zero attached hydrogens (tertiary/aromatic N) is 3. The number of carbonyl (C=O) groups is 1. The first-order chi connectivity index (χ1) is 10.0. The van der Waals surface area contributed by atoms with Crippen LogP contribution in [0.25, 0.3) is 0 Å². The van der Waals surface area contributed by atoms with Crippen molar-refractivity contribution in [1.82, 2.24) is 9.80 Å². The van der Waals surface area contributed by atoms with E-state index >= 15 is 0 Å². The van der Waals surface area contributed by atoms with Gasteiger partial charge in [-0.25, -0.2) is 0 Å². The molecule has 0 aromatic heterocycles. The predicted molar refractivity (Wildman–Crippen MR) is 80.6 cm³/mol. The summed E-state index contributed by atoms with van der Waals surface area (Å²) in [4.78, 5) is 16.1. The number of phenolic OH excluding ortho intramolecular Hbond substituents is 1. The summed E-state index contributed by atoms with van der Waals surface area (Å²) in [5.41, 5.74) is 6.52. The van der Waals surface area contributed by atoms with Gasteiger partial charge in [0.05, 0.1) is 0 Å². The molecule has 5 N–H and O–H groups in total. The molecule has 1 saturated heterocycles. The maximum atomic E-state index is 12.5. The van der Waals surface area contributed by atoms with Gasteiger partial charge in [0.2, 0.25) is 0 Å². The normalized spacial score (nSPS) is 17.7. The van der Waals surface area contributed by atoms with E-state index < -0.39 is 0 Å². The van der Waals surface area contributed by atoms with Crippen molar-refractivity contribution in [3.8, 4) is 5.75 Å². The molecule has 2 radical (unpaired) electrons. The number of amides is 1. The molecule has 7 nitrogen and oxygen atoms in total. The van der Waals surface area contributed by atoms with Gasteiger partial charge < -0.3 is 0 Å². The molecule has 1 aliphatic heterocycles. The third-order valence-corrected chi connectivity index (χ3v) is 4.58. The summed E-state index contributed by atoms with van der Waals surface area (Å²) in [6.45, 7) is 2.41. The number of guanidine groups is 1. The molecular weight excluding hydrogens is 333 g/mol. The summed E-state index contributed by atoms with van der Waals surface area (Å²) < 4.78 is -0.301. The topological polar surface area (TPSA) is 108 Å². The number of rotatable bonds is 2. The molecule has 0 bridgehead atoms. The summed E-state index contributed by atoms with van der Waals surface area (Å²) >= 11 is 2.39. The van der Waals surface area contributed by atoms with Crippen LogP contribution in [0.4, 0.5) is 0 Å². The molecule has 0 aliphatic carbocycles. The summed E-state index contributed by atoms with van der Waals surface area (Å²) in [6, 6.07) is 6.68. The second-order valence-corrected chi connectivity index (χ2v) is 5.88. The van der Waals surface area contributed by atoms with Crippen LogP contribution in [0, 0.1) is 0 Å². The zero-order valence-electron chi connectivity index (χ0n) is 11.5. The standard InChI is InChI=1S/C13H18AsN5O2/c14-11(9-1-3-10(20)4-2-9)12(21)18-5-7-19(8-6-18)13(15)17-16/h1-4,11,20H,5-8,16H2,(H2,15,17)/t11-/m1/s1. The Balaban J connectivity index is 1.97. The van der Waals surface area contributed by atoms with Crippen molar-refractivity contribution in [2.75, 3.05) is 26.2 Å². The van der Waals surface area contributed by atoms with E-state index in [9.17, 15) is 9.90 Å². The molecule has 0 saturated carbocycles. The fraction of sp³-hybridized carbons (Fsp3) is 0.385. The van der Waals surface area contributed by atoms with Gasteiger partial charge in [-0.05, 0) is 0 Å². The Labute approximate surface area is 132 Å². The Morgan fingerprint density at radius 2 is 1.71 bits per heavy atom. The molecule has 112 valence electrons. The number of carbonyl (C=O) groups excluding carboxylic acids is 1. The Morgan fingerprint density at radius 3 is 2.24 bits per heavy atom. The van der Waals surface area contributed by atoms with Crippen LogP contribution in [0.15, 0.2) is 29.4 Å². The van der Waals surface area contributed by atoms with E-state index in [1.54, 1.807) is 29.2 Å². The molecule has 2 rings (SSSR count). The Hall–Kier alpha value is -1.88. The number of hydrazone groups is 1. The SMILES string of the molecule is NN=C(N)N1CCN(C(=O)[C@H]([As])c2ccc(O)cc2)CC1. The number of benzene rings is 1. The minimum absolute atomic E-state index is 0.0450. The van der Waals surface area contributed by atoms with Gasteiger partial charge in [-0.2, -0.15) is 0 Å². The van der Waals surface area contributed by atoms with Gasteiger partial charge >= 0.3 is 132 Å². The summed E-state index contributed by atoms with van der Waals surface area (Å²) in [5.74, 6) is 5.68. The molecule has 8 heteroatoms. The molecule has 1 atom stereocenters. The number of phenols is 1. The Morgan fingerprint density at radius 1 is 1.19 bits per heavy atom. The second-order valence-electron chi connectivity index (χ2n) is 4.79. The molecule has 1 aromatic carbocycles. The van der Waals surface area contributed by atoms with E-state index in [1.807, 2.05) is 4.90 Å². The van der Waals surface area contributed by atoms with Gasteiger partial charge in [0.25, 0.3) is 0 Å². The number of aromatic hydroxyl groups is 1. The van der Waals surface area contributed by atoms with E-state index in [2.05, 4.69) is 22.0 Å². The molecular formula is C13H18AsN5O2. The van der Waals surface area contributed by atoms with Crippen LogP contribution in [0.1, 0.15) is 10.3 Å². The third kappa shape index (κ3) is 3.61. The monoisotopic (exact) mass is 351 g/mol. The quantitative estimate of drug-likeness (QED) is 0.207. The van der Waals surface area contributed by atoms with E-state index in [0.29, 0.717) is 32.1 Å². The summed E-state index contributed by atoms with van der Waals surface area (Å²) in [7, 11) is 0. The molecule has 21 heavy (non-hydrogen) atoms. The average molecular weight is 351 g/mol. The Kier molecular flexibility index (Phi) is 4.96. The fourth-order valence-corrected chi connectivity index (χ4v) is 2.91. The Bertz CT molecular complexity index is 526. The van der Waals surface area contributed by atoms with Gasteiger partial charge in [0, 0.05) is 0 Å². The van der Waals surface area contributed by atoms with Crippen molar-refractivity contribution < 1.29 is 9.90 Å². The van der Waals surface area contributed by atoms with Crippen molar-refractivity contribution in [3.63, 3.8) is 0 Å². The molecule has 1 heterocycles. The third-order valence-electron chi connectivity index (χ3n) is 3.49. The maximum absolute atomic E-state index is 12.5. The van der Waals surface area contributed by atoms with Crippen molar-refractivity contribution in [2.24, 2.45) is 16.7 Å². The van der Waals surface area contributed by atoms with Gasteiger partial charge in [-0.1, -0.05) is 0 Å². The molecule has 1 aromatic rings. The first-order valence-corrected chi connectivity index (χ1v) is 7.65. The van der Waals surface area contributed by atoms with E-state index in [1.165, 1.54) is 0 Å². The van der Waals surface area contributed by atoms with Crippen molar-refractivity contribution in [1.29, 1.82) is 0 Å². The molecule has 0 unspecified atom stereocenters. The number of hydrogen-bond acceptors (Lipinski definition) is 4. The number of piperazine rings is 1. The van der Waals surface area contributed by atoms with E-state index in [-0.39, 0.29) is 16.4 Å². The minimum atomic E-state index is -0.301. The fourth-order valence-electron chi connectivity index (χ4n) is 2.21. The first-order valence-electron chi connectivity index (χ1n) is 6.57.